The van der Waals surface area contributed by atoms with Crippen molar-refractivity contribution in [1.82, 2.24) is 25.1 Å². The van der Waals surface area contributed by atoms with Crippen molar-refractivity contribution in [2.24, 2.45) is 0 Å². The third-order valence-corrected chi connectivity index (χ3v) is 8.16. The third-order valence-electron chi connectivity index (χ3n) is 8.16. The normalized spacial score (nSPS) is 19.4. The van der Waals surface area contributed by atoms with Crippen molar-refractivity contribution in [2.45, 2.75) is 31.7 Å². The van der Waals surface area contributed by atoms with Gasteiger partial charge in [0.15, 0.2) is 0 Å². The van der Waals surface area contributed by atoms with E-state index in [-0.39, 0.29) is 17.9 Å². The molecule has 1 aromatic heterocycles. The number of rotatable bonds is 8. The van der Waals surface area contributed by atoms with Gasteiger partial charge in [0.2, 0.25) is 17.8 Å². The van der Waals surface area contributed by atoms with Gasteiger partial charge in [0.1, 0.15) is 0 Å². The number of hydrogen-bond donors (Lipinski definition) is 3. The predicted octanol–water partition coefficient (Wildman–Crippen LogP) is 3.32. The number of nitrogens with zero attached hydrogens (tertiary/aromatic N) is 5. The Morgan fingerprint density at radius 1 is 0.854 bits per heavy atom. The highest BCUT2D eigenvalue weighted by Gasteiger charge is 2.24. The Bertz CT molecular complexity index is 1330. The third kappa shape index (κ3) is 6.83. The minimum atomic E-state index is -0.107. The predicted molar refractivity (Wildman–Crippen MR) is 161 cm³/mol. The largest absolute Gasteiger partial charge is 0.368 e. The fourth-order valence-electron chi connectivity index (χ4n) is 5.77. The van der Waals surface area contributed by atoms with Gasteiger partial charge >= 0.3 is 0 Å². The first-order valence-corrected chi connectivity index (χ1v) is 14.7. The van der Waals surface area contributed by atoms with Gasteiger partial charge in [-0.25, -0.2) is 9.97 Å². The van der Waals surface area contributed by atoms with Gasteiger partial charge in [-0.05, 0) is 87.8 Å². The molecule has 0 radical (unpaired) electrons. The molecule has 214 valence electrons. The number of piperazine rings is 1. The fourth-order valence-corrected chi connectivity index (χ4v) is 5.77. The number of anilines is 4. The summed E-state index contributed by atoms with van der Waals surface area (Å²) in [6.45, 7) is 6.75. The van der Waals surface area contributed by atoms with Gasteiger partial charge in [0, 0.05) is 55.0 Å². The molecule has 0 spiro atoms. The van der Waals surface area contributed by atoms with E-state index in [9.17, 15) is 9.59 Å². The topological polar surface area (TPSA) is 106 Å². The van der Waals surface area contributed by atoms with E-state index in [1.165, 1.54) is 12.8 Å². The van der Waals surface area contributed by atoms with Crippen molar-refractivity contribution >= 4 is 34.8 Å². The van der Waals surface area contributed by atoms with Gasteiger partial charge in [-0.3, -0.25) is 14.5 Å². The van der Waals surface area contributed by atoms with Crippen LogP contribution in [-0.4, -0.2) is 90.0 Å². The maximum atomic E-state index is 12.7. The number of benzene rings is 2. The lowest BCUT2D eigenvalue weighted by atomic mass is 10.1. The van der Waals surface area contributed by atoms with Crippen LogP contribution < -0.4 is 20.9 Å². The molecular formula is C31H38N8O2. The summed E-state index contributed by atoms with van der Waals surface area (Å²) in [6.07, 6.45) is 6.06. The molecule has 3 fully saturated rings. The molecule has 41 heavy (non-hydrogen) atoms. The molecule has 6 rings (SSSR count). The summed E-state index contributed by atoms with van der Waals surface area (Å²) in [7, 11) is 0. The molecule has 10 nitrogen and oxygen atoms in total. The Morgan fingerprint density at radius 3 is 2.29 bits per heavy atom. The SMILES string of the molecule is O=C(Nc1ccc(-c2ccnc(Nc3ccc(N4CCN(C(=O)CN5CCCC5)CC4)cc3)n2)cc1)[C@H]1CCCN1. The fraction of sp³-hybridized carbons (Fsp3) is 0.419. The molecule has 3 N–H and O–H groups in total. The lowest BCUT2D eigenvalue weighted by Crippen LogP contribution is -2.51. The maximum absolute atomic E-state index is 12.7. The van der Waals surface area contributed by atoms with E-state index < -0.39 is 0 Å². The number of likely N-dealkylation sites (tertiary alicyclic amines) is 1. The van der Waals surface area contributed by atoms with Gasteiger partial charge in [-0.1, -0.05) is 12.1 Å². The Labute approximate surface area is 241 Å². The van der Waals surface area contributed by atoms with E-state index in [0.717, 1.165) is 87.0 Å². The molecule has 1 atom stereocenters. The number of amides is 2. The first-order valence-electron chi connectivity index (χ1n) is 14.7. The van der Waals surface area contributed by atoms with Crippen molar-refractivity contribution in [2.75, 3.05) is 67.9 Å². The van der Waals surface area contributed by atoms with E-state index in [0.29, 0.717) is 12.5 Å². The van der Waals surface area contributed by atoms with Crippen LogP contribution in [0.15, 0.2) is 60.8 Å². The average Bonchev–Trinajstić information content (AvgIpc) is 3.74. The molecule has 3 saturated heterocycles. The molecule has 0 aliphatic carbocycles. The molecule has 4 heterocycles. The number of aromatic nitrogens is 2. The Morgan fingerprint density at radius 2 is 1.59 bits per heavy atom. The highest BCUT2D eigenvalue weighted by atomic mass is 16.2. The van der Waals surface area contributed by atoms with Crippen LogP contribution in [0.4, 0.5) is 23.0 Å². The molecule has 3 aliphatic heterocycles. The monoisotopic (exact) mass is 554 g/mol. The van der Waals surface area contributed by atoms with Gasteiger partial charge in [-0.2, -0.15) is 0 Å². The average molecular weight is 555 g/mol. The van der Waals surface area contributed by atoms with E-state index >= 15 is 0 Å². The number of carbonyl (C=O) groups is 2. The quantitative estimate of drug-likeness (QED) is 0.390. The minimum Gasteiger partial charge on any atom is -0.368 e. The molecule has 0 bridgehead atoms. The standard InChI is InChI=1S/C31H38N8O2/c40-29(22-37-16-1-2-17-37)39-20-18-38(19-21-39)26-11-9-25(10-12-26)35-31-33-15-13-27(36-31)23-5-7-24(8-6-23)34-30(41)28-4-3-14-32-28/h5-13,15,28,32H,1-4,14,16-22H2,(H,34,41)(H,33,35,36)/t28-/m1/s1. The van der Waals surface area contributed by atoms with Gasteiger partial charge in [0.05, 0.1) is 18.3 Å². The molecule has 3 aromatic rings. The van der Waals surface area contributed by atoms with Crippen molar-refractivity contribution < 1.29 is 9.59 Å². The van der Waals surface area contributed by atoms with Gasteiger partial charge in [-0.15, -0.1) is 0 Å². The van der Waals surface area contributed by atoms with Crippen molar-refractivity contribution in [3.63, 3.8) is 0 Å². The lowest BCUT2D eigenvalue weighted by Gasteiger charge is -2.36. The van der Waals surface area contributed by atoms with Crippen LogP contribution >= 0.6 is 0 Å². The van der Waals surface area contributed by atoms with Crippen LogP contribution in [0, 0.1) is 0 Å². The van der Waals surface area contributed by atoms with Crippen molar-refractivity contribution in [3.05, 3.63) is 60.8 Å². The summed E-state index contributed by atoms with van der Waals surface area (Å²) >= 11 is 0. The Balaban J connectivity index is 1.01. The molecule has 2 amide bonds. The van der Waals surface area contributed by atoms with E-state index in [4.69, 9.17) is 4.98 Å². The van der Waals surface area contributed by atoms with E-state index in [1.54, 1.807) is 6.20 Å². The molecule has 0 unspecified atom stereocenters. The maximum Gasteiger partial charge on any atom is 0.241 e. The zero-order chi connectivity index (χ0) is 28.0. The highest BCUT2D eigenvalue weighted by Crippen LogP contribution is 2.24. The molecule has 3 aliphatic rings. The molecule has 2 aromatic carbocycles. The van der Waals surface area contributed by atoms with Gasteiger partial charge in [0.25, 0.3) is 0 Å². The van der Waals surface area contributed by atoms with Crippen molar-refractivity contribution in [3.8, 4) is 11.3 Å². The second-order valence-corrected chi connectivity index (χ2v) is 11.0. The molecule has 0 saturated carbocycles. The molecule has 10 heteroatoms. The second kappa shape index (κ2) is 12.7. The number of nitrogens with one attached hydrogen (secondary N) is 3. The summed E-state index contributed by atoms with van der Waals surface area (Å²) in [5.41, 5.74) is 4.57. The van der Waals surface area contributed by atoms with Crippen molar-refractivity contribution in [1.29, 1.82) is 0 Å². The smallest absolute Gasteiger partial charge is 0.241 e. The zero-order valence-electron chi connectivity index (χ0n) is 23.4. The highest BCUT2D eigenvalue weighted by molar-refractivity contribution is 5.95. The summed E-state index contributed by atoms with van der Waals surface area (Å²) in [6, 6.07) is 17.8. The summed E-state index contributed by atoms with van der Waals surface area (Å²) in [5.74, 6) is 0.790. The van der Waals surface area contributed by atoms with E-state index in [2.05, 4.69) is 42.9 Å². The van der Waals surface area contributed by atoms with Gasteiger partial charge < -0.3 is 25.8 Å². The summed E-state index contributed by atoms with van der Waals surface area (Å²) in [4.78, 5) is 40.7. The second-order valence-electron chi connectivity index (χ2n) is 11.0. The Kier molecular flexibility index (Phi) is 8.39. The van der Waals surface area contributed by atoms with E-state index in [1.807, 2.05) is 47.4 Å². The Hall–Kier alpha value is -4.02. The number of carbonyl (C=O) groups excluding carboxylic acids is 2. The van der Waals surface area contributed by atoms with Crippen LogP contribution in [0.2, 0.25) is 0 Å². The zero-order valence-corrected chi connectivity index (χ0v) is 23.4. The lowest BCUT2D eigenvalue weighted by molar-refractivity contribution is -0.132. The van der Waals surface area contributed by atoms with Crippen LogP contribution in [0.3, 0.4) is 0 Å². The summed E-state index contributed by atoms with van der Waals surface area (Å²) in [5, 5.41) is 9.52. The van der Waals surface area contributed by atoms with Crippen LogP contribution in [0.25, 0.3) is 11.3 Å². The molecular weight excluding hydrogens is 516 g/mol. The number of hydrogen-bond acceptors (Lipinski definition) is 8. The first-order chi connectivity index (χ1) is 20.1. The summed E-state index contributed by atoms with van der Waals surface area (Å²) < 4.78 is 0. The van der Waals surface area contributed by atoms with Crippen LogP contribution in [-0.2, 0) is 9.59 Å². The minimum absolute atomic E-state index is 0.0140. The van der Waals surface area contributed by atoms with Crippen LogP contribution in [0.5, 0.6) is 0 Å². The van der Waals surface area contributed by atoms with Crippen LogP contribution in [0.1, 0.15) is 25.7 Å². The first kappa shape index (κ1) is 27.2.